The van der Waals surface area contributed by atoms with Crippen LogP contribution in [0.1, 0.15) is 29.1 Å². The maximum Gasteiger partial charge on any atom is 0.347 e. The summed E-state index contributed by atoms with van der Waals surface area (Å²) in [5.74, 6) is -0.122. The highest BCUT2D eigenvalue weighted by Crippen LogP contribution is 2.19. The van der Waals surface area contributed by atoms with Gasteiger partial charge in [-0.2, -0.15) is 10.1 Å². The molecule has 0 radical (unpaired) electrons. The summed E-state index contributed by atoms with van der Waals surface area (Å²) in [6.45, 7) is 6.33. The summed E-state index contributed by atoms with van der Waals surface area (Å²) >= 11 is 0. The Hall–Kier alpha value is -2.96. The van der Waals surface area contributed by atoms with Crippen molar-refractivity contribution in [3.8, 4) is 0 Å². The summed E-state index contributed by atoms with van der Waals surface area (Å²) < 4.78 is 3.34. The molecule has 0 aliphatic heterocycles. The zero-order chi connectivity index (χ0) is 18.8. The second-order valence-corrected chi connectivity index (χ2v) is 6.59. The number of hydrogen-bond donors (Lipinski definition) is 1. The van der Waals surface area contributed by atoms with Crippen LogP contribution in [-0.4, -0.2) is 25.2 Å². The predicted octanol–water partition coefficient (Wildman–Crippen LogP) is 1.76. The van der Waals surface area contributed by atoms with Crippen LogP contribution in [0.15, 0.2) is 29.1 Å². The van der Waals surface area contributed by atoms with Gasteiger partial charge in [0.05, 0.1) is 17.8 Å². The van der Waals surface area contributed by atoms with E-state index in [1.165, 1.54) is 4.57 Å². The van der Waals surface area contributed by atoms with Crippen LogP contribution in [0.3, 0.4) is 0 Å². The average Bonchev–Trinajstić information content (AvgIpc) is 2.87. The lowest BCUT2D eigenvalue weighted by Gasteiger charge is -2.09. The molecule has 1 N–H and O–H groups in total. The number of carbonyl (C=O) groups is 1. The van der Waals surface area contributed by atoms with Crippen LogP contribution in [0.5, 0.6) is 0 Å². The second kappa shape index (κ2) is 7.11. The maximum absolute atomic E-state index is 12.2. The van der Waals surface area contributed by atoms with Crippen molar-refractivity contribution in [2.45, 2.75) is 40.3 Å². The number of benzene rings is 1. The van der Waals surface area contributed by atoms with Crippen molar-refractivity contribution in [1.82, 2.24) is 24.6 Å². The molecule has 7 nitrogen and oxygen atoms in total. The van der Waals surface area contributed by atoms with Crippen molar-refractivity contribution in [2.75, 3.05) is 0 Å². The average molecular weight is 353 g/mol. The highest BCUT2D eigenvalue weighted by Gasteiger charge is 2.11. The lowest BCUT2D eigenvalue weighted by Crippen LogP contribution is -2.29. The number of amides is 1. The van der Waals surface area contributed by atoms with Gasteiger partial charge in [-0.05, 0) is 39.0 Å². The fourth-order valence-corrected chi connectivity index (χ4v) is 3.11. The highest BCUT2D eigenvalue weighted by atomic mass is 16.2. The van der Waals surface area contributed by atoms with Crippen LogP contribution in [0, 0.1) is 20.8 Å². The van der Waals surface area contributed by atoms with E-state index in [1.54, 1.807) is 6.92 Å². The van der Waals surface area contributed by atoms with Gasteiger partial charge < -0.3 is 5.32 Å². The van der Waals surface area contributed by atoms with E-state index in [-0.39, 0.29) is 18.0 Å². The first-order valence-electron chi connectivity index (χ1n) is 8.59. The maximum atomic E-state index is 12.2. The van der Waals surface area contributed by atoms with Crippen LogP contribution in [0.25, 0.3) is 10.9 Å². The van der Waals surface area contributed by atoms with Crippen LogP contribution in [0.4, 0.5) is 0 Å². The molecule has 136 valence electrons. The molecule has 0 atom stereocenters. The van der Waals surface area contributed by atoms with Gasteiger partial charge in [0.25, 0.3) is 0 Å². The van der Waals surface area contributed by atoms with Crippen molar-refractivity contribution in [2.24, 2.45) is 7.05 Å². The van der Waals surface area contributed by atoms with Crippen molar-refractivity contribution in [3.05, 3.63) is 57.4 Å². The van der Waals surface area contributed by atoms with Gasteiger partial charge in [-0.1, -0.05) is 11.6 Å². The first kappa shape index (κ1) is 17.8. The summed E-state index contributed by atoms with van der Waals surface area (Å²) in [4.78, 5) is 28.1. The summed E-state index contributed by atoms with van der Waals surface area (Å²) in [5.41, 5.74) is 4.20. The normalized spacial score (nSPS) is 11.1. The van der Waals surface area contributed by atoms with E-state index >= 15 is 0 Å². The molecule has 0 saturated heterocycles. The zero-order valence-electron chi connectivity index (χ0n) is 15.5. The minimum atomic E-state index is -0.318. The third kappa shape index (κ3) is 3.66. The van der Waals surface area contributed by atoms with E-state index in [2.05, 4.69) is 21.5 Å². The van der Waals surface area contributed by atoms with Crippen molar-refractivity contribution in [1.29, 1.82) is 0 Å². The molecule has 0 unspecified atom stereocenters. The second-order valence-electron chi connectivity index (χ2n) is 6.59. The number of aryl methyl sites for hydroxylation is 4. The molecule has 2 aromatic heterocycles. The number of carbonyl (C=O) groups excluding carboxylic acids is 1. The molecule has 26 heavy (non-hydrogen) atoms. The highest BCUT2D eigenvalue weighted by molar-refractivity contribution is 5.83. The summed E-state index contributed by atoms with van der Waals surface area (Å²) in [7, 11) is 1.89. The fraction of sp³-hybridized carbons (Fsp3) is 0.368. The standard InChI is InChI=1S/C19H23N5O2/c1-12-5-6-17-15(9-12)16(22-23(17)4)11-20-18(25)7-8-24-14(3)10-13(2)21-19(24)26/h5-6,9-10H,7-8,11H2,1-4H3,(H,20,25). The van der Waals surface area contributed by atoms with E-state index in [0.29, 0.717) is 18.8 Å². The molecule has 0 fully saturated rings. The molecule has 0 bridgehead atoms. The van der Waals surface area contributed by atoms with Gasteiger partial charge in [0.1, 0.15) is 0 Å². The molecule has 0 aliphatic carbocycles. The Bertz CT molecular complexity index is 1030. The predicted molar refractivity (Wildman–Crippen MR) is 99.9 cm³/mol. The Morgan fingerprint density at radius 3 is 2.69 bits per heavy atom. The van der Waals surface area contributed by atoms with Gasteiger partial charge in [-0.3, -0.25) is 14.0 Å². The molecule has 1 aromatic carbocycles. The smallest absolute Gasteiger partial charge is 0.347 e. The molecule has 0 saturated carbocycles. The Morgan fingerprint density at radius 1 is 1.19 bits per heavy atom. The summed E-state index contributed by atoms with van der Waals surface area (Å²) in [6.07, 6.45) is 0.218. The minimum absolute atomic E-state index is 0.122. The number of nitrogens with one attached hydrogen (secondary N) is 1. The Morgan fingerprint density at radius 2 is 1.96 bits per heavy atom. The molecule has 0 spiro atoms. The Balaban J connectivity index is 1.65. The van der Waals surface area contributed by atoms with E-state index in [0.717, 1.165) is 27.9 Å². The fourth-order valence-electron chi connectivity index (χ4n) is 3.11. The van der Waals surface area contributed by atoms with Gasteiger partial charge in [0.2, 0.25) is 5.91 Å². The third-order valence-electron chi connectivity index (χ3n) is 4.44. The lowest BCUT2D eigenvalue weighted by molar-refractivity contribution is -0.121. The largest absolute Gasteiger partial charge is 0.350 e. The molecule has 0 aliphatic rings. The minimum Gasteiger partial charge on any atom is -0.350 e. The van der Waals surface area contributed by atoms with Crippen LogP contribution in [-0.2, 0) is 24.9 Å². The monoisotopic (exact) mass is 353 g/mol. The molecular weight excluding hydrogens is 330 g/mol. The van der Waals surface area contributed by atoms with Crippen molar-refractivity contribution in [3.63, 3.8) is 0 Å². The van der Waals surface area contributed by atoms with Crippen molar-refractivity contribution >= 4 is 16.8 Å². The number of nitrogens with zero attached hydrogens (tertiary/aromatic N) is 4. The summed E-state index contributed by atoms with van der Waals surface area (Å²) in [6, 6.07) is 7.98. The molecule has 7 heteroatoms. The van der Waals surface area contributed by atoms with Gasteiger partial charge >= 0.3 is 5.69 Å². The lowest BCUT2D eigenvalue weighted by atomic mass is 10.1. The molecular formula is C19H23N5O2. The quantitative estimate of drug-likeness (QED) is 0.758. The molecule has 3 aromatic rings. The van der Waals surface area contributed by atoms with E-state index < -0.39 is 0 Å². The number of rotatable bonds is 5. The van der Waals surface area contributed by atoms with E-state index in [4.69, 9.17) is 0 Å². The van der Waals surface area contributed by atoms with Crippen molar-refractivity contribution < 1.29 is 4.79 Å². The van der Waals surface area contributed by atoms with Gasteiger partial charge in [-0.15, -0.1) is 0 Å². The van der Waals surface area contributed by atoms with E-state index in [1.807, 2.05) is 43.8 Å². The molecule has 3 rings (SSSR count). The molecule has 1 amide bonds. The van der Waals surface area contributed by atoms with Crippen LogP contribution in [0.2, 0.25) is 0 Å². The molecule has 2 heterocycles. The number of fused-ring (bicyclic) bond motifs is 1. The van der Waals surface area contributed by atoms with Gasteiger partial charge in [0.15, 0.2) is 0 Å². The number of aromatic nitrogens is 4. The Labute approximate surface area is 151 Å². The van der Waals surface area contributed by atoms with Crippen LogP contribution < -0.4 is 11.0 Å². The first-order chi connectivity index (χ1) is 12.3. The topological polar surface area (TPSA) is 81.8 Å². The SMILES string of the molecule is Cc1ccc2c(c1)c(CNC(=O)CCn1c(C)cc(C)nc1=O)nn2C. The van der Waals surface area contributed by atoms with Gasteiger partial charge in [0, 0.05) is 36.8 Å². The first-order valence-corrected chi connectivity index (χ1v) is 8.59. The third-order valence-corrected chi connectivity index (χ3v) is 4.44. The van der Waals surface area contributed by atoms with Gasteiger partial charge in [-0.25, -0.2) is 4.79 Å². The Kier molecular flexibility index (Phi) is 4.88. The number of hydrogen-bond acceptors (Lipinski definition) is 4. The zero-order valence-corrected chi connectivity index (χ0v) is 15.5. The summed E-state index contributed by atoms with van der Waals surface area (Å²) in [5, 5.41) is 8.43. The van der Waals surface area contributed by atoms with Crippen LogP contribution >= 0.6 is 0 Å². The van der Waals surface area contributed by atoms with E-state index in [9.17, 15) is 9.59 Å².